The van der Waals surface area contributed by atoms with Crippen LogP contribution >= 0.6 is 0 Å². The van der Waals surface area contributed by atoms with Crippen molar-refractivity contribution in [1.29, 1.82) is 0 Å². The standard InChI is InChI=1S/C52H66N8O15/c1-55-17-35-29(10-12-56-48(35)53)27(19-64)21-72-47-44(69)43(68)37-23-71-20-26(5-4-13-61)38(31-6-2-3-7-36(31)60-24-57-40-49(60)58-52(54)59-50(40)70)34-16-33-39(42(67)32-15-25(18-63)8-9-30(32)41(33)66)46(45(34)75-51(47)74-37)73-22-28(65)11-14-62/h2-3,6-10,14-16,26-28,37-38,40,43-44,47,49,51-52,55-58,61,63-65,68-69H,4-5,11-13,17-24,53-54H2,1H3,(H,59,70)/t26-,27+,28+,37-,38-,40+,43-,44+,47-,49+,51+,52+/m0/s1. The second-order valence-electron chi connectivity index (χ2n) is 19.5. The first-order valence-electron chi connectivity index (χ1n) is 25.2. The number of amides is 1. The van der Waals surface area contributed by atoms with Gasteiger partial charge < -0.3 is 85.7 Å². The average molecular weight is 1040 g/mol. The molecule has 0 spiro atoms. The number of ketones is 2. The third-order valence-electron chi connectivity index (χ3n) is 14.7. The van der Waals surface area contributed by atoms with Gasteiger partial charge in [-0.1, -0.05) is 30.3 Å². The number of nitrogens with one attached hydrogen (secondary N) is 5. The average Bonchev–Trinajstić information content (AvgIpc) is 3.83. The predicted molar refractivity (Wildman–Crippen MR) is 267 cm³/mol. The van der Waals surface area contributed by atoms with Crippen LogP contribution in [0.4, 0.5) is 5.69 Å². The monoisotopic (exact) mass is 1040 g/mol. The number of rotatable bonds is 18. The summed E-state index contributed by atoms with van der Waals surface area (Å²) in [6.07, 6.45) is -8.24. The van der Waals surface area contributed by atoms with Crippen molar-refractivity contribution in [1.82, 2.24) is 26.6 Å². The summed E-state index contributed by atoms with van der Waals surface area (Å²) in [6, 6.07) is 12.6. The van der Waals surface area contributed by atoms with E-state index in [1.807, 2.05) is 35.2 Å². The van der Waals surface area contributed by atoms with Crippen molar-refractivity contribution in [2.24, 2.45) is 23.3 Å². The number of hydrogen-bond acceptors (Lipinski definition) is 22. The molecule has 3 aromatic rings. The molecule has 1 aliphatic carbocycles. The fourth-order valence-corrected chi connectivity index (χ4v) is 11.0. The summed E-state index contributed by atoms with van der Waals surface area (Å²) in [4.78, 5) is 57.2. The van der Waals surface area contributed by atoms with E-state index in [0.717, 1.165) is 0 Å². The summed E-state index contributed by atoms with van der Waals surface area (Å²) >= 11 is 0. The van der Waals surface area contributed by atoms with Crippen molar-refractivity contribution in [2.45, 2.75) is 87.1 Å². The molecule has 15 N–H and O–H groups in total. The molecule has 404 valence electrons. The number of aliphatic hydroxyl groups excluding tert-OH is 6. The maximum atomic E-state index is 15.2. The van der Waals surface area contributed by atoms with Gasteiger partial charge in [0.1, 0.15) is 61.6 Å². The first-order chi connectivity index (χ1) is 36.3. The van der Waals surface area contributed by atoms with E-state index in [9.17, 15) is 40.2 Å². The molecule has 75 heavy (non-hydrogen) atoms. The molecule has 6 aliphatic rings. The topological polar surface area (TPSA) is 351 Å². The van der Waals surface area contributed by atoms with Gasteiger partial charge in [-0.25, -0.2) is 0 Å². The molecular weight excluding hydrogens is 977 g/mol. The Balaban J connectivity index is 1.27. The van der Waals surface area contributed by atoms with Crippen LogP contribution in [0.15, 0.2) is 71.6 Å². The zero-order chi connectivity index (χ0) is 53.1. The number of nitrogens with two attached hydrogens (primary N) is 2. The summed E-state index contributed by atoms with van der Waals surface area (Å²) in [5.74, 6) is -3.99. The van der Waals surface area contributed by atoms with Gasteiger partial charge >= 0.3 is 0 Å². The largest absolute Gasteiger partial charge is 0.486 e. The van der Waals surface area contributed by atoms with Crippen LogP contribution in [-0.2, 0) is 30.4 Å². The number of aliphatic hydroxyl groups is 6. The SMILES string of the molecule is CNCC1=C(N)NCC=C1[C@H](CO)CO[C@@H]1[C@H]2Oc3c(cc4c(c3OC[C@H](O)CC=O)C(=O)c3cc(CO)ccc3C4=O)[C@H](c3ccccc3N3CN[C@H]4C(=O)N[C@H](N)N[C@@H]43)[C@@H](CCCO)COC[C@H](O2)[C@H](O)[C@H]1O. The molecule has 3 saturated heterocycles. The number of aldehydes is 1. The van der Waals surface area contributed by atoms with Gasteiger partial charge in [-0.05, 0) is 66.8 Å². The van der Waals surface area contributed by atoms with Crippen LogP contribution in [0.1, 0.15) is 73.7 Å². The maximum absolute atomic E-state index is 15.2. The molecule has 0 saturated carbocycles. The highest BCUT2D eigenvalue weighted by Crippen LogP contribution is 2.52. The molecule has 23 heteroatoms. The number of carbonyl (C=O) groups is 4. The molecule has 12 atom stereocenters. The van der Waals surface area contributed by atoms with Crippen molar-refractivity contribution < 1.29 is 73.5 Å². The van der Waals surface area contributed by atoms with Gasteiger partial charge in [-0.3, -0.25) is 30.8 Å². The number of benzene rings is 3. The van der Waals surface area contributed by atoms with Crippen LogP contribution in [0.5, 0.6) is 11.5 Å². The normalized spacial score (nSPS) is 28.3. The van der Waals surface area contributed by atoms with Crippen molar-refractivity contribution in [3.63, 3.8) is 0 Å². The van der Waals surface area contributed by atoms with E-state index in [0.29, 0.717) is 53.2 Å². The Bertz CT molecular complexity index is 2690. The van der Waals surface area contributed by atoms with Crippen LogP contribution < -0.4 is 52.4 Å². The van der Waals surface area contributed by atoms with Crippen molar-refractivity contribution >= 4 is 29.4 Å². The lowest BCUT2D eigenvalue weighted by Crippen LogP contribution is -2.70. The highest BCUT2D eigenvalue weighted by Gasteiger charge is 2.50. The summed E-state index contributed by atoms with van der Waals surface area (Å²) < 4.78 is 33.1. The first kappa shape index (κ1) is 53.9. The lowest BCUT2D eigenvalue weighted by molar-refractivity contribution is -0.291. The minimum atomic E-state index is -1.73. The Kier molecular flexibility index (Phi) is 16.9. The van der Waals surface area contributed by atoms with Crippen LogP contribution in [-0.4, -0.2) is 176 Å². The Morgan fingerprint density at radius 3 is 2.56 bits per heavy atom. The fraction of sp³-hybridized carbons (Fsp3) is 0.500. The van der Waals surface area contributed by atoms with E-state index in [1.54, 1.807) is 7.05 Å². The number of ether oxygens (including phenoxy) is 5. The van der Waals surface area contributed by atoms with Crippen LogP contribution in [0.3, 0.4) is 0 Å². The zero-order valence-corrected chi connectivity index (χ0v) is 41.4. The molecule has 0 radical (unpaired) electrons. The minimum Gasteiger partial charge on any atom is -0.486 e. The molecule has 5 heterocycles. The number of dihydropyridines is 1. The van der Waals surface area contributed by atoms with E-state index >= 15 is 9.59 Å². The second kappa shape index (κ2) is 23.6. The number of para-hydroxylation sites is 1. The number of likely N-dealkylation sites (N-methyl/N-ethyl adjacent to an activating group) is 1. The van der Waals surface area contributed by atoms with Gasteiger partial charge in [0, 0.05) is 71.5 Å². The van der Waals surface area contributed by atoms with Crippen LogP contribution in [0.2, 0.25) is 0 Å². The van der Waals surface area contributed by atoms with E-state index in [-0.39, 0.29) is 97.6 Å². The maximum Gasteiger partial charge on any atom is 0.242 e. The molecule has 1 amide bonds. The van der Waals surface area contributed by atoms with E-state index in [4.69, 9.17) is 35.2 Å². The fourth-order valence-electron chi connectivity index (χ4n) is 11.0. The van der Waals surface area contributed by atoms with Gasteiger partial charge in [0.2, 0.25) is 12.2 Å². The number of anilines is 1. The Morgan fingerprint density at radius 1 is 0.987 bits per heavy atom. The van der Waals surface area contributed by atoms with E-state index < -0.39 is 104 Å². The highest BCUT2D eigenvalue weighted by atomic mass is 16.7. The van der Waals surface area contributed by atoms with Crippen molar-refractivity contribution in [3.8, 4) is 11.5 Å². The lowest BCUT2D eigenvalue weighted by Gasteiger charge is -2.43. The summed E-state index contributed by atoms with van der Waals surface area (Å²) in [5, 5.41) is 81.8. The van der Waals surface area contributed by atoms with Gasteiger partial charge in [0.25, 0.3) is 0 Å². The number of carbonyl (C=O) groups excluding carboxylic acids is 4. The van der Waals surface area contributed by atoms with Crippen molar-refractivity contribution in [3.05, 3.63) is 111 Å². The van der Waals surface area contributed by atoms with Gasteiger partial charge in [-0.15, -0.1) is 0 Å². The molecule has 9 rings (SSSR count). The molecule has 2 bridgehead atoms. The van der Waals surface area contributed by atoms with Crippen LogP contribution in [0.25, 0.3) is 0 Å². The Hall–Kier alpha value is -5.90. The van der Waals surface area contributed by atoms with Gasteiger partial charge in [-0.2, -0.15) is 0 Å². The third-order valence-corrected chi connectivity index (χ3v) is 14.7. The highest BCUT2D eigenvalue weighted by molar-refractivity contribution is 6.29. The molecule has 0 unspecified atom stereocenters. The first-order valence-corrected chi connectivity index (χ1v) is 25.2. The quantitative estimate of drug-likeness (QED) is 0.0462. The minimum absolute atomic E-state index is 0.0410. The van der Waals surface area contributed by atoms with Gasteiger partial charge in [0.15, 0.2) is 23.1 Å². The summed E-state index contributed by atoms with van der Waals surface area (Å²) in [6.45, 7) is -1.40. The molecular formula is C52H66N8O15. The third kappa shape index (κ3) is 10.7. The molecule has 5 aliphatic heterocycles. The molecule has 0 aromatic heterocycles. The predicted octanol–water partition coefficient (Wildman–Crippen LogP) is -2.40. The van der Waals surface area contributed by atoms with Gasteiger partial charge in [0.05, 0.1) is 51.4 Å². The Labute approximate surface area is 432 Å². The molecule has 3 aromatic carbocycles. The Morgan fingerprint density at radius 2 is 1.80 bits per heavy atom. The molecule has 3 fully saturated rings. The molecule has 23 nitrogen and oxygen atoms in total. The van der Waals surface area contributed by atoms with Crippen molar-refractivity contribution in [2.75, 3.05) is 71.3 Å². The summed E-state index contributed by atoms with van der Waals surface area (Å²) in [7, 11) is 1.75. The second-order valence-corrected chi connectivity index (χ2v) is 19.5. The lowest BCUT2D eigenvalue weighted by atomic mass is 9.74. The zero-order valence-electron chi connectivity index (χ0n) is 41.4. The smallest absolute Gasteiger partial charge is 0.242 e. The number of nitrogens with zero attached hydrogens (tertiary/aromatic N) is 1. The van der Waals surface area contributed by atoms with E-state index in [2.05, 4.69) is 26.6 Å². The van der Waals surface area contributed by atoms with E-state index in [1.165, 1.54) is 24.3 Å². The number of fused-ring (bicyclic) bond motifs is 6. The summed E-state index contributed by atoms with van der Waals surface area (Å²) in [5.41, 5.74) is 15.4. The van der Waals surface area contributed by atoms with Crippen LogP contribution in [0, 0.1) is 11.8 Å². The number of hydrogen-bond donors (Lipinski definition) is 13.